The normalized spacial score (nSPS) is 18.7. The zero-order valence-electron chi connectivity index (χ0n) is 23.1. The number of amides is 3. The highest BCUT2D eigenvalue weighted by Gasteiger charge is 2.44. The van der Waals surface area contributed by atoms with Crippen LogP contribution < -0.4 is 10.6 Å². The topological polar surface area (TPSA) is 125 Å². The maximum atomic E-state index is 13.8. The monoisotopic (exact) mass is 627 g/mol. The highest BCUT2D eigenvalue weighted by Crippen LogP contribution is 2.29. The Morgan fingerprint density at radius 1 is 1.10 bits per heavy atom. The minimum atomic E-state index is -0.939. The van der Waals surface area contributed by atoms with Crippen LogP contribution in [0.25, 0.3) is 10.4 Å². The number of hydrogen-bond donors (Lipinski definition) is 3. The summed E-state index contributed by atoms with van der Waals surface area (Å²) in [7, 11) is 0. The Balaban J connectivity index is 1.47. The van der Waals surface area contributed by atoms with Crippen LogP contribution >= 0.6 is 27.3 Å². The third-order valence-corrected chi connectivity index (χ3v) is 8.44. The van der Waals surface area contributed by atoms with E-state index in [1.165, 1.54) is 11.1 Å². The summed E-state index contributed by atoms with van der Waals surface area (Å²) >= 11 is 4.88. The molecule has 4 atom stereocenters. The first-order valence-corrected chi connectivity index (χ1v) is 14.7. The van der Waals surface area contributed by atoms with Gasteiger partial charge in [-0.25, -0.2) is 9.97 Å². The number of likely N-dealkylation sites (tertiary alicyclic amines) is 1. The molecule has 3 heterocycles. The van der Waals surface area contributed by atoms with Gasteiger partial charge >= 0.3 is 0 Å². The van der Waals surface area contributed by atoms with Crippen LogP contribution in [0.15, 0.2) is 52.6 Å². The van der Waals surface area contributed by atoms with E-state index in [-0.39, 0.29) is 30.6 Å². The number of nitrogens with one attached hydrogen (secondary N) is 2. The highest BCUT2D eigenvalue weighted by molar-refractivity contribution is 9.10. The average molecular weight is 629 g/mol. The van der Waals surface area contributed by atoms with Crippen molar-refractivity contribution in [2.75, 3.05) is 6.54 Å². The lowest BCUT2D eigenvalue weighted by molar-refractivity contribution is -0.142. The van der Waals surface area contributed by atoms with Gasteiger partial charge in [-0.3, -0.25) is 14.4 Å². The van der Waals surface area contributed by atoms with Gasteiger partial charge in [0.25, 0.3) is 5.91 Å². The summed E-state index contributed by atoms with van der Waals surface area (Å²) in [6.45, 7) is 9.38. The van der Waals surface area contributed by atoms with Gasteiger partial charge < -0.3 is 20.6 Å². The van der Waals surface area contributed by atoms with E-state index in [2.05, 4.69) is 36.5 Å². The van der Waals surface area contributed by atoms with Crippen molar-refractivity contribution < 1.29 is 19.5 Å². The zero-order valence-corrected chi connectivity index (χ0v) is 25.5. The number of carbonyl (C=O) groups is 3. The molecule has 1 aromatic carbocycles. The van der Waals surface area contributed by atoms with Gasteiger partial charge in [0, 0.05) is 23.6 Å². The fourth-order valence-corrected chi connectivity index (χ4v) is 5.78. The summed E-state index contributed by atoms with van der Waals surface area (Å²) < 4.78 is 0.729. The molecule has 212 valence electrons. The molecule has 0 aliphatic carbocycles. The second kappa shape index (κ2) is 12.2. The van der Waals surface area contributed by atoms with Crippen LogP contribution in [0.5, 0.6) is 0 Å². The quantitative estimate of drug-likeness (QED) is 0.359. The van der Waals surface area contributed by atoms with E-state index >= 15 is 0 Å². The molecule has 2 aromatic heterocycles. The van der Waals surface area contributed by atoms with Crippen molar-refractivity contribution in [1.29, 1.82) is 0 Å². The Labute approximate surface area is 246 Å². The highest BCUT2D eigenvalue weighted by atomic mass is 79.9. The molecule has 0 radical (unpaired) electrons. The second-order valence-corrected chi connectivity index (χ2v) is 12.9. The van der Waals surface area contributed by atoms with Crippen molar-refractivity contribution in [2.24, 2.45) is 5.41 Å². The number of thiazole rings is 1. The van der Waals surface area contributed by atoms with Gasteiger partial charge in [-0.05, 0) is 58.5 Å². The number of aryl methyl sites for hydroxylation is 1. The van der Waals surface area contributed by atoms with Gasteiger partial charge in [0.2, 0.25) is 11.8 Å². The number of nitrogens with zero attached hydrogens (tertiary/aromatic N) is 3. The summed E-state index contributed by atoms with van der Waals surface area (Å²) in [5.41, 5.74) is 4.27. The first-order chi connectivity index (χ1) is 18.8. The predicted octanol–water partition coefficient (Wildman–Crippen LogP) is 4.26. The third-order valence-electron chi connectivity index (χ3n) is 6.99. The number of aliphatic hydroxyl groups is 1. The molecule has 0 bridgehead atoms. The van der Waals surface area contributed by atoms with Gasteiger partial charge in [0.1, 0.15) is 17.8 Å². The molecular weight excluding hydrogens is 594 g/mol. The first-order valence-electron chi connectivity index (χ1n) is 13.1. The standard InChI is InChI=1S/C29H34BrN5O4S/c1-16(18-6-8-19(9-7-18)24-17(2)32-15-40-24)33-27(38)23-12-21(36)14-35(23)28(39)25(29(3,4)5)34-26(37)22-11-10-20(30)13-31-22/h6-11,13,15-16,21,23,25,36H,12,14H2,1-5H3,(H,33,38)(H,34,37)/t16?,21-,23+,25?/m1/s1. The Morgan fingerprint density at radius 3 is 2.38 bits per heavy atom. The van der Waals surface area contributed by atoms with Gasteiger partial charge in [-0.15, -0.1) is 11.3 Å². The summed E-state index contributed by atoms with van der Waals surface area (Å²) in [6.07, 6.45) is 0.781. The lowest BCUT2D eigenvalue weighted by atomic mass is 9.85. The average Bonchev–Trinajstić information content (AvgIpc) is 3.52. The molecule has 1 aliphatic heterocycles. The molecule has 1 fully saturated rings. The number of aliphatic hydroxyl groups excluding tert-OH is 1. The van der Waals surface area contributed by atoms with Crippen LogP contribution in [0.4, 0.5) is 0 Å². The van der Waals surface area contributed by atoms with Crippen molar-refractivity contribution in [3.05, 3.63) is 69.5 Å². The number of rotatable bonds is 7. The van der Waals surface area contributed by atoms with E-state index in [4.69, 9.17) is 0 Å². The van der Waals surface area contributed by atoms with Gasteiger partial charge in [-0.2, -0.15) is 0 Å². The molecule has 3 amide bonds. The summed E-state index contributed by atoms with van der Waals surface area (Å²) in [4.78, 5) is 51.1. The molecule has 0 saturated carbocycles. The molecular formula is C29H34BrN5O4S. The van der Waals surface area contributed by atoms with E-state index < -0.39 is 35.4 Å². The van der Waals surface area contributed by atoms with E-state index in [0.717, 1.165) is 26.2 Å². The summed E-state index contributed by atoms with van der Waals surface area (Å²) in [6, 6.07) is 9.08. The number of benzene rings is 1. The Kier molecular flexibility index (Phi) is 9.06. The number of pyridine rings is 1. The number of aromatic nitrogens is 2. The second-order valence-electron chi connectivity index (χ2n) is 11.1. The van der Waals surface area contributed by atoms with Crippen LogP contribution in [0, 0.1) is 12.3 Å². The third kappa shape index (κ3) is 6.76. The number of β-amino-alcohol motifs (C(OH)–C–C–N with tert-alkyl or cyclic N) is 1. The molecule has 3 N–H and O–H groups in total. The molecule has 1 aliphatic rings. The van der Waals surface area contributed by atoms with E-state index in [1.807, 2.05) is 64.4 Å². The molecule has 9 nitrogen and oxygen atoms in total. The molecule has 11 heteroatoms. The lowest BCUT2D eigenvalue weighted by Crippen LogP contribution is -2.58. The number of halogens is 1. The predicted molar refractivity (Wildman–Crippen MR) is 158 cm³/mol. The Bertz CT molecular complexity index is 1370. The van der Waals surface area contributed by atoms with Crippen LogP contribution in [0.3, 0.4) is 0 Å². The van der Waals surface area contributed by atoms with Crippen LogP contribution in [0.1, 0.15) is 61.9 Å². The Hall–Kier alpha value is -3.15. The molecule has 2 unspecified atom stereocenters. The van der Waals surface area contributed by atoms with E-state index in [0.29, 0.717) is 0 Å². The molecule has 3 aromatic rings. The summed E-state index contributed by atoms with van der Waals surface area (Å²) in [5.74, 6) is -1.27. The van der Waals surface area contributed by atoms with Crippen molar-refractivity contribution in [3.63, 3.8) is 0 Å². The van der Waals surface area contributed by atoms with E-state index in [1.54, 1.807) is 23.5 Å². The molecule has 4 rings (SSSR count). The zero-order chi connectivity index (χ0) is 29.2. The molecule has 0 spiro atoms. The minimum absolute atomic E-state index is 0.00713. The van der Waals surface area contributed by atoms with Crippen LogP contribution in [0.2, 0.25) is 0 Å². The first kappa shape index (κ1) is 29.8. The van der Waals surface area contributed by atoms with Crippen molar-refractivity contribution >= 4 is 45.0 Å². The van der Waals surface area contributed by atoms with Gasteiger partial charge in [0.15, 0.2) is 0 Å². The van der Waals surface area contributed by atoms with Crippen LogP contribution in [-0.2, 0) is 9.59 Å². The molecule has 40 heavy (non-hydrogen) atoms. The summed E-state index contributed by atoms with van der Waals surface area (Å²) in [5, 5.41) is 16.3. The van der Waals surface area contributed by atoms with Crippen molar-refractivity contribution in [3.8, 4) is 10.4 Å². The van der Waals surface area contributed by atoms with Gasteiger partial charge in [0.05, 0.1) is 28.2 Å². The fraction of sp³-hybridized carbons (Fsp3) is 0.414. The van der Waals surface area contributed by atoms with Gasteiger partial charge in [-0.1, -0.05) is 45.0 Å². The maximum absolute atomic E-state index is 13.8. The number of hydrogen-bond acceptors (Lipinski definition) is 7. The lowest BCUT2D eigenvalue weighted by Gasteiger charge is -2.35. The minimum Gasteiger partial charge on any atom is -0.391 e. The van der Waals surface area contributed by atoms with Crippen LogP contribution in [-0.4, -0.2) is 62.4 Å². The fourth-order valence-electron chi connectivity index (χ4n) is 4.73. The largest absolute Gasteiger partial charge is 0.391 e. The van der Waals surface area contributed by atoms with Crippen molar-refractivity contribution in [1.82, 2.24) is 25.5 Å². The van der Waals surface area contributed by atoms with E-state index in [9.17, 15) is 19.5 Å². The van der Waals surface area contributed by atoms with Crippen molar-refractivity contribution in [2.45, 2.75) is 65.3 Å². The molecule has 1 saturated heterocycles. The smallest absolute Gasteiger partial charge is 0.270 e. The SMILES string of the molecule is Cc1ncsc1-c1ccc(C(C)NC(=O)[C@@H]2C[C@@H](O)CN2C(=O)C(NC(=O)c2ccc(Br)cn2)C(C)(C)C)cc1. The number of carbonyl (C=O) groups excluding carboxylic acids is 3. The Morgan fingerprint density at radius 2 is 1.80 bits per heavy atom. The maximum Gasteiger partial charge on any atom is 0.270 e.